The Labute approximate surface area is 272 Å². The van der Waals surface area contributed by atoms with Crippen molar-refractivity contribution in [3.8, 4) is 24.2 Å². The van der Waals surface area contributed by atoms with Gasteiger partial charge in [0.2, 0.25) is 5.91 Å². The van der Waals surface area contributed by atoms with E-state index in [9.17, 15) is 28.7 Å². The average molecular weight is 640 g/mol. The van der Waals surface area contributed by atoms with Gasteiger partial charge in [0, 0.05) is 37.6 Å². The molecule has 3 aromatic rings. The summed E-state index contributed by atoms with van der Waals surface area (Å²) >= 11 is 0. The van der Waals surface area contributed by atoms with Crippen LogP contribution in [0.15, 0.2) is 72.8 Å². The van der Waals surface area contributed by atoms with E-state index < -0.39 is 54.6 Å². The minimum atomic E-state index is -1.92. The number of hydrogen-bond donors (Lipinski definition) is 1. The van der Waals surface area contributed by atoms with Crippen LogP contribution in [-0.2, 0) is 33.4 Å². The lowest BCUT2D eigenvalue weighted by Gasteiger charge is -2.48. The summed E-state index contributed by atoms with van der Waals surface area (Å²) in [6.45, 7) is 2.68. The lowest BCUT2D eigenvalue weighted by atomic mass is 9.78. The molecule has 2 unspecified atom stereocenters. The fraction of sp³-hybridized carbons (Fsp3) is 0.297. The predicted molar refractivity (Wildman–Crippen MR) is 170 cm³/mol. The van der Waals surface area contributed by atoms with Gasteiger partial charge in [-0.3, -0.25) is 19.2 Å². The third-order valence-corrected chi connectivity index (χ3v) is 7.54. The number of hydrogen-bond acceptors (Lipinski definition) is 8. The van der Waals surface area contributed by atoms with Crippen molar-refractivity contribution in [1.29, 1.82) is 0 Å². The predicted octanol–water partition coefficient (Wildman–Crippen LogP) is 4.80. The third kappa shape index (κ3) is 9.06. The molecular formula is C37H34FNO8. The van der Waals surface area contributed by atoms with E-state index >= 15 is 0 Å². The highest BCUT2D eigenvalue weighted by atomic mass is 19.1. The number of benzene rings is 3. The van der Waals surface area contributed by atoms with Crippen molar-refractivity contribution in [1.82, 2.24) is 0 Å². The van der Waals surface area contributed by atoms with E-state index in [4.69, 9.17) is 20.6 Å². The van der Waals surface area contributed by atoms with Gasteiger partial charge in [-0.15, -0.1) is 6.42 Å². The van der Waals surface area contributed by atoms with Crippen molar-refractivity contribution in [3.63, 3.8) is 0 Å². The first kappa shape index (κ1) is 34.4. The second kappa shape index (κ2) is 15.2. The van der Waals surface area contributed by atoms with Crippen LogP contribution < -0.4 is 4.90 Å². The molecule has 4 rings (SSSR count). The SMILES string of the molecule is C#Cc1ccc(N2C(=O)C(CC[C@H](OC(C)=O)c3ccc(F)cc3)C2c2ccc(C#CC(O)(COC(C)=O)COC(C)=O)cc2)cc1. The van der Waals surface area contributed by atoms with Gasteiger partial charge < -0.3 is 24.2 Å². The molecule has 3 atom stereocenters. The van der Waals surface area contributed by atoms with Crippen LogP contribution in [0.3, 0.4) is 0 Å². The molecule has 10 heteroatoms. The van der Waals surface area contributed by atoms with Crippen LogP contribution in [-0.4, -0.2) is 47.7 Å². The standard InChI is InChI=1S/C37H34FNO8/c1-5-27-8-16-32(17-9-27)39-35(33(36(39)43)18-19-34(47-26(4)42)29-12-14-31(38)15-13-29)30-10-6-28(7-11-30)20-21-37(44,22-45-24(2)40)23-46-25(3)41/h1,6-17,33-35,44H,18-19,22-23H2,2-4H3/t33?,34-,35?/m0/s1. The highest BCUT2D eigenvalue weighted by molar-refractivity contribution is 6.03. The molecule has 0 aliphatic carbocycles. The number of ether oxygens (including phenoxy) is 3. The summed E-state index contributed by atoms with van der Waals surface area (Å²) in [5.41, 5.74) is 1.35. The lowest BCUT2D eigenvalue weighted by Crippen LogP contribution is -2.55. The molecule has 1 fully saturated rings. The number of amides is 1. The Morgan fingerprint density at radius 3 is 2.00 bits per heavy atom. The van der Waals surface area contributed by atoms with Crippen molar-refractivity contribution in [3.05, 3.63) is 101 Å². The van der Waals surface area contributed by atoms with Crippen LogP contribution in [0.4, 0.5) is 10.1 Å². The van der Waals surface area contributed by atoms with E-state index in [1.54, 1.807) is 53.4 Å². The first-order chi connectivity index (χ1) is 22.4. The maximum atomic E-state index is 13.6. The number of nitrogens with zero attached hydrogens (tertiary/aromatic N) is 1. The van der Waals surface area contributed by atoms with E-state index in [0.29, 0.717) is 35.2 Å². The molecular weight excluding hydrogens is 605 g/mol. The van der Waals surface area contributed by atoms with E-state index in [-0.39, 0.29) is 11.9 Å². The molecule has 0 aromatic heterocycles. The molecule has 1 amide bonds. The lowest BCUT2D eigenvalue weighted by molar-refractivity contribution is -0.154. The van der Waals surface area contributed by atoms with Gasteiger partial charge in [0.05, 0.1) is 12.0 Å². The highest BCUT2D eigenvalue weighted by Gasteiger charge is 2.48. The van der Waals surface area contributed by atoms with Crippen LogP contribution in [0.2, 0.25) is 0 Å². The van der Waals surface area contributed by atoms with Gasteiger partial charge in [-0.25, -0.2) is 4.39 Å². The first-order valence-electron chi connectivity index (χ1n) is 14.8. The number of rotatable bonds is 11. The molecule has 3 aromatic carbocycles. The van der Waals surface area contributed by atoms with Crippen molar-refractivity contribution >= 4 is 29.5 Å². The second-order valence-electron chi connectivity index (χ2n) is 11.1. The normalized spacial score (nSPS) is 16.1. The quantitative estimate of drug-likeness (QED) is 0.138. The van der Waals surface area contributed by atoms with E-state index in [2.05, 4.69) is 17.8 Å². The molecule has 0 bridgehead atoms. The zero-order valence-electron chi connectivity index (χ0n) is 26.2. The number of anilines is 1. The molecule has 242 valence electrons. The zero-order valence-corrected chi connectivity index (χ0v) is 26.2. The van der Waals surface area contributed by atoms with Gasteiger partial charge in [-0.1, -0.05) is 42.0 Å². The Kier molecular flexibility index (Phi) is 11.1. The van der Waals surface area contributed by atoms with Crippen LogP contribution in [0, 0.1) is 35.9 Å². The first-order valence-corrected chi connectivity index (χ1v) is 14.8. The second-order valence-corrected chi connectivity index (χ2v) is 11.1. The molecule has 0 spiro atoms. The van der Waals surface area contributed by atoms with E-state index in [1.807, 2.05) is 12.1 Å². The Hall–Kier alpha value is -5.45. The average Bonchev–Trinajstić information content (AvgIpc) is 3.05. The maximum absolute atomic E-state index is 13.6. The van der Waals surface area contributed by atoms with Gasteiger partial charge in [0.25, 0.3) is 0 Å². The molecule has 47 heavy (non-hydrogen) atoms. The molecule has 1 heterocycles. The van der Waals surface area contributed by atoms with Crippen LogP contribution in [0.1, 0.15) is 68.0 Å². The van der Waals surface area contributed by atoms with Crippen LogP contribution in [0.5, 0.6) is 0 Å². The number of carbonyl (C=O) groups excluding carboxylic acids is 4. The molecule has 1 saturated heterocycles. The molecule has 1 N–H and O–H groups in total. The molecule has 1 aliphatic rings. The largest absolute Gasteiger partial charge is 0.462 e. The summed E-state index contributed by atoms with van der Waals surface area (Å²) in [6, 6.07) is 19.5. The monoisotopic (exact) mass is 639 g/mol. The number of carbonyl (C=O) groups is 4. The van der Waals surface area contributed by atoms with Crippen molar-refractivity contribution in [2.24, 2.45) is 5.92 Å². The van der Waals surface area contributed by atoms with Crippen LogP contribution in [0.25, 0.3) is 0 Å². The van der Waals surface area contributed by atoms with Gasteiger partial charge >= 0.3 is 17.9 Å². The summed E-state index contributed by atoms with van der Waals surface area (Å²) in [5.74, 6) is 5.30. The van der Waals surface area contributed by atoms with Crippen molar-refractivity contribution in [2.45, 2.75) is 51.4 Å². The molecule has 9 nitrogen and oxygen atoms in total. The highest BCUT2D eigenvalue weighted by Crippen LogP contribution is 2.46. The summed E-state index contributed by atoms with van der Waals surface area (Å²) in [6.07, 6.45) is 5.55. The maximum Gasteiger partial charge on any atom is 0.303 e. The number of esters is 3. The van der Waals surface area contributed by atoms with Crippen molar-refractivity contribution < 1.29 is 42.9 Å². The molecule has 0 radical (unpaired) electrons. The van der Waals surface area contributed by atoms with Gasteiger partial charge in [0.1, 0.15) is 25.1 Å². The summed E-state index contributed by atoms with van der Waals surface area (Å²) in [7, 11) is 0. The smallest absolute Gasteiger partial charge is 0.303 e. The fourth-order valence-electron chi connectivity index (χ4n) is 5.23. The summed E-state index contributed by atoms with van der Waals surface area (Å²) in [4.78, 5) is 49.8. The van der Waals surface area contributed by atoms with E-state index in [0.717, 1.165) is 5.56 Å². The Bertz CT molecular complexity index is 1700. The van der Waals surface area contributed by atoms with Crippen LogP contribution >= 0.6 is 0 Å². The fourth-order valence-corrected chi connectivity index (χ4v) is 5.23. The zero-order chi connectivity index (χ0) is 34.1. The summed E-state index contributed by atoms with van der Waals surface area (Å²) in [5, 5.41) is 10.8. The minimum Gasteiger partial charge on any atom is -0.462 e. The Morgan fingerprint density at radius 2 is 1.47 bits per heavy atom. The molecule has 0 saturated carbocycles. The van der Waals surface area contributed by atoms with Gasteiger partial charge in [-0.2, -0.15) is 0 Å². The summed E-state index contributed by atoms with van der Waals surface area (Å²) < 4.78 is 28.9. The molecule has 1 aliphatic heterocycles. The topological polar surface area (TPSA) is 119 Å². The Balaban J connectivity index is 1.60. The van der Waals surface area contributed by atoms with Gasteiger partial charge in [0.15, 0.2) is 5.60 Å². The Morgan fingerprint density at radius 1 is 0.894 bits per heavy atom. The number of aliphatic hydroxyl groups is 1. The third-order valence-electron chi connectivity index (χ3n) is 7.54. The number of β-lactam (4-membered cyclic amide) rings is 1. The number of halogens is 1. The van der Waals surface area contributed by atoms with E-state index in [1.165, 1.54) is 32.9 Å². The minimum absolute atomic E-state index is 0.117. The van der Waals surface area contributed by atoms with Crippen molar-refractivity contribution in [2.75, 3.05) is 18.1 Å². The van der Waals surface area contributed by atoms with Gasteiger partial charge in [-0.05, 0) is 72.5 Å². The number of terminal acetylenes is 1.